The molecule has 0 aliphatic heterocycles. The molecule has 4 N–H and O–H groups in total. The molecule has 3 nitrogen and oxygen atoms in total. The molecule has 0 aliphatic rings. The van der Waals surface area contributed by atoms with E-state index in [9.17, 15) is 4.39 Å². The van der Waals surface area contributed by atoms with E-state index >= 15 is 0 Å². The summed E-state index contributed by atoms with van der Waals surface area (Å²) in [6, 6.07) is 0.858. The molecule has 1 rings (SSSR count). The van der Waals surface area contributed by atoms with E-state index in [1.165, 1.54) is 12.3 Å². The summed E-state index contributed by atoms with van der Waals surface area (Å²) in [4.78, 5) is 3.60. The predicted octanol–water partition coefficient (Wildman–Crippen LogP) is 0.833. The fourth-order valence-electron chi connectivity index (χ4n) is 0.775. The van der Waals surface area contributed by atoms with Crippen molar-refractivity contribution in [1.29, 1.82) is 0 Å². The van der Waals surface area contributed by atoms with E-state index in [0.29, 0.717) is 5.56 Å². The molecule has 66 valence electrons. The van der Waals surface area contributed by atoms with Gasteiger partial charge in [-0.2, -0.15) is 0 Å². The number of hydrogen-bond donors (Lipinski definition) is 2. The van der Waals surface area contributed by atoms with Crippen LogP contribution in [0.15, 0.2) is 12.3 Å². The van der Waals surface area contributed by atoms with Crippen LogP contribution in [0, 0.1) is 5.82 Å². The van der Waals surface area contributed by atoms with Crippen molar-refractivity contribution in [2.24, 2.45) is 11.5 Å². The Hall–Kier alpha value is -0.710. The molecule has 0 aliphatic carbocycles. The van der Waals surface area contributed by atoms with Gasteiger partial charge in [0.05, 0.1) is 0 Å². The van der Waals surface area contributed by atoms with Gasteiger partial charge in [-0.3, -0.25) is 0 Å². The lowest BCUT2D eigenvalue weighted by molar-refractivity contribution is 0.612. The Morgan fingerprint density at radius 1 is 1.67 bits per heavy atom. The third-order valence-electron chi connectivity index (χ3n) is 1.50. The Morgan fingerprint density at radius 3 is 2.83 bits per heavy atom. The molecular weight excluding hydrogens is 181 g/mol. The average molecular weight is 190 g/mol. The molecule has 0 fully saturated rings. The molecule has 1 aromatic rings. The van der Waals surface area contributed by atoms with Crippen LogP contribution in [0.3, 0.4) is 0 Å². The summed E-state index contributed by atoms with van der Waals surface area (Å²) in [6.07, 6.45) is 1.42. The van der Waals surface area contributed by atoms with Crippen LogP contribution in [-0.2, 0) is 0 Å². The van der Waals surface area contributed by atoms with Gasteiger partial charge >= 0.3 is 0 Å². The zero-order chi connectivity index (χ0) is 9.14. The molecule has 12 heavy (non-hydrogen) atoms. The first kappa shape index (κ1) is 9.38. The number of nitrogens with zero attached hydrogens (tertiary/aromatic N) is 1. The largest absolute Gasteiger partial charge is 0.329 e. The molecule has 1 aromatic heterocycles. The second kappa shape index (κ2) is 3.80. The highest BCUT2D eigenvalue weighted by Crippen LogP contribution is 2.15. The van der Waals surface area contributed by atoms with E-state index in [2.05, 4.69) is 4.98 Å². The van der Waals surface area contributed by atoms with Gasteiger partial charge in [-0.1, -0.05) is 11.6 Å². The smallest absolute Gasteiger partial charge is 0.164 e. The zero-order valence-electron chi connectivity index (χ0n) is 6.30. The lowest BCUT2D eigenvalue weighted by Gasteiger charge is -2.07. The van der Waals surface area contributed by atoms with Crippen molar-refractivity contribution >= 4 is 11.6 Å². The maximum absolute atomic E-state index is 12.8. The van der Waals surface area contributed by atoms with Gasteiger partial charge in [-0.25, -0.2) is 9.37 Å². The highest BCUT2D eigenvalue weighted by Gasteiger charge is 2.07. The summed E-state index contributed by atoms with van der Waals surface area (Å²) in [5.74, 6) is -0.571. The van der Waals surface area contributed by atoms with Crippen molar-refractivity contribution in [3.8, 4) is 0 Å². The Balaban J connectivity index is 2.96. The molecule has 1 atom stereocenters. The zero-order valence-corrected chi connectivity index (χ0v) is 7.05. The molecule has 0 bridgehead atoms. The second-order valence-electron chi connectivity index (χ2n) is 2.38. The van der Waals surface area contributed by atoms with Crippen LogP contribution in [0.5, 0.6) is 0 Å². The van der Waals surface area contributed by atoms with Crippen LogP contribution < -0.4 is 11.5 Å². The fraction of sp³-hybridized carbons (Fsp3) is 0.286. The first-order chi connectivity index (χ1) is 5.65. The standard InChI is InChI=1S/C7H9ClFN3/c8-7-5(9)1-4(3-12-7)6(11)2-10/h1,3,6H,2,10-11H2/t6-/m1/s1. The van der Waals surface area contributed by atoms with Crippen molar-refractivity contribution in [1.82, 2.24) is 4.98 Å². The first-order valence-corrected chi connectivity index (χ1v) is 3.79. The average Bonchev–Trinajstić information content (AvgIpc) is 2.08. The molecule has 0 spiro atoms. The number of nitrogens with two attached hydrogens (primary N) is 2. The Labute approximate surface area is 74.5 Å². The number of halogens is 2. The third kappa shape index (κ3) is 1.91. The summed E-state index contributed by atoms with van der Waals surface area (Å²) >= 11 is 5.37. The van der Waals surface area contributed by atoms with Crippen LogP contribution in [0.25, 0.3) is 0 Å². The van der Waals surface area contributed by atoms with Gasteiger partial charge in [0.25, 0.3) is 0 Å². The van der Waals surface area contributed by atoms with E-state index in [-0.39, 0.29) is 17.7 Å². The van der Waals surface area contributed by atoms with Crippen molar-refractivity contribution in [2.75, 3.05) is 6.54 Å². The van der Waals surface area contributed by atoms with Crippen LogP contribution >= 0.6 is 11.6 Å². The molecule has 5 heteroatoms. The monoisotopic (exact) mass is 189 g/mol. The minimum Gasteiger partial charge on any atom is -0.329 e. The van der Waals surface area contributed by atoms with Crippen LogP contribution in [0.2, 0.25) is 5.15 Å². The highest BCUT2D eigenvalue weighted by atomic mass is 35.5. The number of hydrogen-bond acceptors (Lipinski definition) is 3. The second-order valence-corrected chi connectivity index (χ2v) is 2.74. The van der Waals surface area contributed by atoms with Crippen molar-refractivity contribution in [2.45, 2.75) is 6.04 Å². The van der Waals surface area contributed by atoms with Gasteiger partial charge in [0, 0.05) is 18.8 Å². The van der Waals surface area contributed by atoms with E-state index < -0.39 is 5.82 Å². The summed E-state index contributed by atoms with van der Waals surface area (Å²) in [6.45, 7) is 0.253. The van der Waals surface area contributed by atoms with Gasteiger partial charge in [-0.05, 0) is 11.6 Å². The minimum atomic E-state index is -0.571. The van der Waals surface area contributed by atoms with Gasteiger partial charge in [0.1, 0.15) is 0 Å². The van der Waals surface area contributed by atoms with E-state index in [1.807, 2.05) is 0 Å². The molecule has 0 radical (unpaired) electrons. The summed E-state index contributed by atoms with van der Waals surface area (Å²) in [7, 11) is 0. The normalized spacial score (nSPS) is 13.0. The molecule has 0 unspecified atom stereocenters. The van der Waals surface area contributed by atoms with E-state index in [0.717, 1.165) is 0 Å². The fourth-order valence-corrected chi connectivity index (χ4v) is 0.878. The van der Waals surface area contributed by atoms with E-state index in [4.69, 9.17) is 23.1 Å². The topological polar surface area (TPSA) is 64.9 Å². The summed E-state index contributed by atoms with van der Waals surface area (Å²) in [5, 5.41) is -0.150. The SMILES string of the molecule is NC[C@@H](N)c1cnc(Cl)c(F)c1. The van der Waals surface area contributed by atoms with Crippen molar-refractivity contribution in [3.63, 3.8) is 0 Å². The van der Waals surface area contributed by atoms with Gasteiger partial charge in [0.2, 0.25) is 0 Å². The number of pyridine rings is 1. The molecule has 0 aromatic carbocycles. The number of rotatable bonds is 2. The molecular formula is C7H9ClFN3. The van der Waals surface area contributed by atoms with Crippen molar-refractivity contribution in [3.05, 3.63) is 28.8 Å². The maximum Gasteiger partial charge on any atom is 0.164 e. The molecule has 0 amide bonds. The van der Waals surface area contributed by atoms with Crippen LogP contribution in [0.1, 0.15) is 11.6 Å². The molecule has 0 saturated carbocycles. The summed E-state index contributed by atoms with van der Waals surface area (Å²) in [5.41, 5.74) is 11.4. The lowest BCUT2D eigenvalue weighted by atomic mass is 10.1. The lowest BCUT2D eigenvalue weighted by Crippen LogP contribution is -2.21. The maximum atomic E-state index is 12.8. The summed E-state index contributed by atoms with van der Waals surface area (Å²) < 4.78 is 12.8. The van der Waals surface area contributed by atoms with Crippen molar-refractivity contribution < 1.29 is 4.39 Å². The van der Waals surface area contributed by atoms with Gasteiger partial charge in [-0.15, -0.1) is 0 Å². The minimum absolute atomic E-state index is 0.150. The van der Waals surface area contributed by atoms with E-state index in [1.54, 1.807) is 0 Å². The Morgan fingerprint density at radius 2 is 2.33 bits per heavy atom. The van der Waals surface area contributed by atoms with Gasteiger partial charge < -0.3 is 11.5 Å². The predicted molar refractivity (Wildman–Crippen MR) is 45.2 cm³/mol. The Kier molecular flexibility index (Phi) is 2.97. The molecule has 0 saturated heterocycles. The highest BCUT2D eigenvalue weighted by molar-refractivity contribution is 6.29. The third-order valence-corrected chi connectivity index (χ3v) is 1.78. The van der Waals surface area contributed by atoms with Gasteiger partial charge in [0.15, 0.2) is 11.0 Å². The van der Waals surface area contributed by atoms with Crippen LogP contribution in [-0.4, -0.2) is 11.5 Å². The quantitative estimate of drug-likeness (QED) is 0.678. The number of aromatic nitrogens is 1. The molecule has 1 heterocycles. The Bertz CT molecular complexity index is 279. The first-order valence-electron chi connectivity index (χ1n) is 3.41. The van der Waals surface area contributed by atoms with Crippen LogP contribution in [0.4, 0.5) is 4.39 Å².